The molecule has 2 aromatic heterocycles. The topological polar surface area (TPSA) is 64.7 Å². The van der Waals surface area contributed by atoms with Gasteiger partial charge in [0.1, 0.15) is 6.04 Å². The highest BCUT2D eigenvalue weighted by molar-refractivity contribution is 9.10. The predicted molar refractivity (Wildman–Crippen MR) is 91.0 cm³/mol. The molecule has 1 amide bonds. The molecule has 7 heteroatoms. The van der Waals surface area contributed by atoms with Crippen LogP contribution in [0.5, 0.6) is 0 Å². The molecule has 0 aliphatic heterocycles. The van der Waals surface area contributed by atoms with Crippen LogP contribution < -0.4 is 5.32 Å². The van der Waals surface area contributed by atoms with Crippen LogP contribution in [0, 0.1) is 0 Å². The summed E-state index contributed by atoms with van der Waals surface area (Å²) in [4.78, 5) is 12.3. The number of rotatable bonds is 5. The van der Waals surface area contributed by atoms with E-state index in [9.17, 15) is 4.79 Å². The van der Waals surface area contributed by atoms with E-state index in [0.717, 1.165) is 10.0 Å². The first-order valence-electron chi connectivity index (χ1n) is 7.20. The molecule has 0 unspecified atom stereocenters. The lowest BCUT2D eigenvalue weighted by atomic mass is 10.2. The maximum absolute atomic E-state index is 12.3. The minimum atomic E-state index is -0.416. The Labute approximate surface area is 142 Å². The van der Waals surface area contributed by atoms with Crippen LogP contribution in [0.1, 0.15) is 18.5 Å². The van der Waals surface area contributed by atoms with Gasteiger partial charge in [-0.1, -0.05) is 30.3 Å². The van der Waals surface area contributed by atoms with Gasteiger partial charge in [-0.15, -0.1) is 0 Å². The highest BCUT2D eigenvalue weighted by atomic mass is 79.9. The molecule has 0 aliphatic rings. The molecule has 0 bridgehead atoms. The summed E-state index contributed by atoms with van der Waals surface area (Å²) in [5.41, 5.74) is 1.16. The number of carbonyl (C=O) groups excluding carboxylic acids is 1. The second-order valence-electron chi connectivity index (χ2n) is 5.19. The summed E-state index contributed by atoms with van der Waals surface area (Å²) in [6, 6.07) is 11.4. The molecule has 0 saturated heterocycles. The zero-order valence-electron chi connectivity index (χ0n) is 12.6. The maximum atomic E-state index is 12.3. The summed E-state index contributed by atoms with van der Waals surface area (Å²) >= 11 is 3.32. The standard InChI is InChI=1S/C16H16BrN5O/c1-12(22-11-14(17)9-18-22)16(23)19-15-7-8-21(20-15)10-13-5-3-2-4-6-13/h2-9,11-12H,10H2,1H3,(H,19,20,23)/t12-/m1/s1. The monoisotopic (exact) mass is 373 g/mol. The van der Waals surface area contributed by atoms with Crippen LogP contribution in [0.2, 0.25) is 0 Å². The lowest BCUT2D eigenvalue weighted by Gasteiger charge is -2.11. The molecule has 0 fully saturated rings. The average molecular weight is 374 g/mol. The summed E-state index contributed by atoms with van der Waals surface area (Å²) in [5.74, 6) is 0.370. The summed E-state index contributed by atoms with van der Waals surface area (Å²) < 4.78 is 4.23. The molecular formula is C16H16BrN5O. The zero-order chi connectivity index (χ0) is 16.2. The smallest absolute Gasteiger partial charge is 0.250 e. The first kappa shape index (κ1) is 15.5. The Kier molecular flexibility index (Phi) is 4.57. The molecular weight excluding hydrogens is 358 g/mol. The molecule has 23 heavy (non-hydrogen) atoms. The molecule has 2 heterocycles. The van der Waals surface area contributed by atoms with Crippen molar-refractivity contribution in [2.75, 3.05) is 5.32 Å². The van der Waals surface area contributed by atoms with Crippen molar-refractivity contribution in [3.05, 3.63) is 65.0 Å². The van der Waals surface area contributed by atoms with Gasteiger partial charge in [0.15, 0.2) is 5.82 Å². The molecule has 1 N–H and O–H groups in total. The quantitative estimate of drug-likeness (QED) is 0.747. The van der Waals surface area contributed by atoms with E-state index >= 15 is 0 Å². The zero-order valence-corrected chi connectivity index (χ0v) is 14.1. The van der Waals surface area contributed by atoms with Crippen molar-refractivity contribution >= 4 is 27.7 Å². The fourth-order valence-electron chi connectivity index (χ4n) is 2.16. The number of benzene rings is 1. The Hall–Kier alpha value is -2.41. The van der Waals surface area contributed by atoms with E-state index < -0.39 is 6.04 Å². The third-order valence-corrected chi connectivity index (χ3v) is 3.84. The molecule has 0 saturated carbocycles. The van der Waals surface area contributed by atoms with Gasteiger partial charge in [0.25, 0.3) is 0 Å². The van der Waals surface area contributed by atoms with Crippen LogP contribution in [-0.4, -0.2) is 25.5 Å². The second kappa shape index (κ2) is 6.78. The van der Waals surface area contributed by atoms with Gasteiger partial charge in [-0.2, -0.15) is 10.2 Å². The highest BCUT2D eigenvalue weighted by Crippen LogP contribution is 2.14. The van der Waals surface area contributed by atoms with E-state index in [2.05, 4.69) is 31.4 Å². The van der Waals surface area contributed by atoms with Gasteiger partial charge in [0.2, 0.25) is 5.91 Å². The van der Waals surface area contributed by atoms with Crippen LogP contribution in [-0.2, 0) is 11.3 Å². The van der Waals surface area contributed by atoms with Crippen LogP contribution in [0.15, 0.2) is 59.5 Å². The van der Waals surface area contributed by atoms with Crippen molar-refractivity contribution in [3.8, 4) is 0 Å². The number of nitrogens with one attached hydrogen (secondary N) is 1. The van der Waals surface area contributed by atoms with Crippen molar-refractivity contribution in [1.82, 2.24) is 19.6 Å². The average Bonchev–Trinajstić information content (AvgIpc) is 3.17. The van der Waals surface area contributed by atoms with Gasteiger partial charge in [-0.3, -0.25) is 14.2 Å². The molecule has 1 aromatic carbocycles. The van der Waals surface area contributed by atoms with Crippen LogP contribution in [0.3, 0.4) is 0 Å². The first-order valence-corrected chi connectivity index (χ1v) is 7.99. The Morgan fingerprint density at radius 2 is 2.09 bits per heavy atom. The summed E-state index contributed by atoms with van der Waals surface area (Å²) in [7, 11) is 0. The summed E-state index contributed by atoms with van der Waals surface area (Å²) in [6.45, 7) is 2.45. The number of amides is 1. The Morgan fingerprint density at radius 1 is 1.30 bits per heavy atom. The van der Waals surface area contributed by atoms with E-state index in [1.807, 2.05) is 36.5 Å². The van der Waals surface area contributed by atoms with E-state index in [-0.39, 0.29) is 5.91 Å². The number of hydrogen-bond acceptors (Lipinski definition) is 3. The minimum absolute atomic E-state index is 0.162. The lowest BCUT2D eigenvalue weighted by Crippen LogP contribution is -2.24. The molecule has 1 atom stereocenters. The van der Waals surface area contributed by atoms with E-state index in [1.54, 1.807) is 34.7 Å². The molecule has 0 radical (unpaired) electrons. The van der Waals surface area contributed by atoms with Crippen molar-refractivity contribution < 1.29 is 4.79 Å². The first-order chi connectivity index (χ1) is 11.1. The van der Waals surface area contributed by atoms with Gasteiger partial charge in [-0.25, -0.2) is 0 Å². The number of anilines is 1. The number of carbonyl (C=O) groups is 1. The summed E-state index contributed by atoms with van der Waals surface area (Å²) in [6.07, 6.45) is 5.26. The van der Waals surface area contributed by atoms with E-state index in [1.165, 1.54) is 0 Å². The molecule has 3 rings (SSSR count). The van der Waals surface area contributed by atoms with Gasteiger partial charge in [0.05, 0.1) is 17.2 Å². The number of aromatic nitrogens is 4. The lowest BCUT2D eigenvalue weighted by molar-refractivity contribution is -0.119. The van der Waals surface area contributed by atoms with Crippen molar-refractivity contribution in [2.24, 2.45) is 0 Å². The Morgan fingerprint density at radius 3 is 2.78 bits per heavy atom. The Balaban J connectivity index is 1.63. The molecule has 0 aliphatic carbocycles. The predicted octanol–water partition coefficient (Wildman–Crippen LogP) is 3.09. The number of nitrogens with zero attached hydrogens (tertiary/aromatic N) is 4. The summed E-state index contributed by atoms with van der Waals surface area (Å²) in [5, 5.41) is 11.3. The maximum Gasteiger partial charge on any atom is 0.250 e. The van der Waals surface area contributed by atoms with Gasteiger partial charge < -0.3 is 5.32 Å². The third kappa shape index (κ3) is 3.87. The number of hydrogen-bond donors (Lipinski definition) is 1. The third-order valence-electron chi connectivity index (χ3n) is 3.43. The van der Waals surface area contributed by atoms with Crippen molar-refractivity contribution in [1.29, 1.82) is 0 Å². The van der Waals surface area contributed by atoms with E-state index in [0.29, 0.717) is 12.4 Å². The van der Waals surface area contributed by atoms with Crippen LogP contribution in [0.25, 0.3) is 0 Å². The van der Waals surface area contributed by atoms with Crippen LogP contribution >= 0.6 is 15.9 Å². The fourth-order valence-corrected chi connectivity index (χ4v) is 2.47. The largest absolute Gasteiger partial charge is 0.307 e. The normalized spacial score (nSPS) is 12.1. The van der Waals surface area contributed by atoms with Gasteiger partial charge in [-0.05, 0) is 28.4 Å². The molecule has 6 nitrogen and oxygen atoms in total. The molecule has 0 spiro atoms. The molecule has 118 valence electrons. The molecule has 3 aromatic rings. The highest BCUT2D eigenvalue weighted by Gasteiger charge is 2.16. The van der Waals surface area contributed by atoms with Gasteiger partial charge in [0, 0.05) is 18.5 Å². The van der Waals surface area contributed by atoms with Crippen molar-refractivity contribution in [3.63, 3.8) is 0 Å². The number of halogens is 1. The fraction of sp³-hybridized carbons (Fsp3) is 0.188. The second-order valence-corrected chi connectivity index (χ2v) is 6.10. The SMILES string of the molecule is C[C@H](C(=O)Nc1ccn(Cc2ccccc2)n1)n1cc(Br)cn1. The minimum Gasteiger partial charge on any atom is -0.307 e. The van der Waals surface area contributed by atoms with Crippen molar-refractivity contribution in [2.45, 2.75) is 19.5 Å². The van der Waals surface area contributed by atoms with Crippen LogP contribution in [0.4, 0.5) is 5.82 Å². The Bertz CT molecular complexity index is 796. The van der Waals surface area contributed by atoms with Gasteiger partial charge >= 0.3 is 0 Å². The van der Waals surface area contributed by atoms with E-state index in [4.69, 9.17) is 0 Å².